The Kier molecular flexibility index (Phi) is 4.19. The summed E-state index contributed by atoms with van der Waals surface area (Å²) in [5, 5.41) is 10.5. The average Bonchev–Trinajstić information content (AvgIpc) is 2.42. The van der Waals surface area contributed by atoms with E-state index in [0.29, 0.717) is 10.9 Å². The lowest BCUT2D eigenvalue weighted by molar-refractivity contribution is -0.131. The van der Waals surface area contributed by atoms with Crippen molar-refractivity contribution in [3.05, 3.63) is 46.3 Å². The third-order valence-corrected chi connectivity index (χ3v) is 3.19. The van der Waals surface area contributed by atoms with Crippen molar-refractivity contribution in [1.29, 1.82) is 0 Å². The number of benzene rings is 1. The van der Waals surface area contributed by atoms with E-state index in [1.165, 1.54) is 23.6 Å². The number of pyridine rings is 1. The van der Waals surface area contributed by atoms with Gasteiger partial charge in [0.15, 0.2) is 5.75 Å². The van der Waals surface area contributed by atoms with Crippen LogP contribution in [-0.2, 0) is 11.8 Å². The van der Waals surface area contributed by atoms with Gasteiger partial charge in [-0.1, -0.05) is 18.2 Å². The van der Waals surface area contributed by atoms with Gasteiger partial charge in [0.1, 0.15) is 0 Å². The van der Waals surface area contributed by atoms with E-state index in [9.17, 15) is 14.7 Å². The minimum atomic E-state index is -1.08. The van der Waals surface area contributed by atoms with Gasteiger partial charge in [0.2, 0.25) is 0 Å². The maximum Gasteiger partial charge on any atom is 0.308 e. The summed E-state index contributed by atoms with van der Waals surface area (Å²) in [4.78, 5) is 23.9. The van der Waals surface area contributed by atoms with Crippen LogP contribution in [0, 0.1) is 0 Å². The summed E-state index contributed by atoms with van der Waals surface area (Å²) in [5.74, 6) is -0.289. The van der Waals surface area contributed by atoms with Crippen LogP contribution >= 0.6 is 0 Å². The SMILES string of the molecule is CC(=O)Oc1c(/C=C/C(C)(C)O)c(=O)n(C)c2ccccc12. The van der Waals surface area contributed by atoms with Crippen LogP contribution in [0.2, 0.25) is 0 Å². The quantitative estimate of drug-likeness (QED) is 0.883. The van der Waals surface area contributed by atoms with Crippen LogP contribution in [-0.4, -0.2) is 21.2 Å². The molecule has 0 radical (unpaired) electrons. The molecule has 0 unspecified atom stereocenters. The molecule has 116 valence electrons. The summed E-state index contributed by atoms with van der Waals surface area (Å²) in [7, 11) is 1.66. The molecule has 2 aromatic rings. The Morgan fingerprint density at radius 3 is 2.55 bits per heavy atom. The van der Waals surface area contributed by atoms with E-state index < -0.39 is 11.6 Å². The number of rotatable bonds is 3. The molecule has 1 aromatic carbocycles. The van der Waals surface area contributed by atoms with Crippen LogP contribution in [0.25, 0.3) is 17.0 Å². The second kappa shape index (κ2) is 5.77. The highest BCUT2D eigenvalue weighted by Crippen LogP contribution is 2.28. The van der Waals surface area contributed by atoms with Gasteiger partial charge in [0, 0.05) is 19.4 Å². The minimum absolute atomic E-state index is 0.215. The summed E-state index contributed by atoms with van der Waals surface area (Å²) in [6.07, 6.45) is 2.98. The monoisotopic (exact) mass is 301 g/mol. The number of carbonyl (C=O) groups excluding carboxylic acids is 1. The Bertz CT molecular complexity index is 810. The zero-order valence-corrected chi connectivity index (χ0v) is 13.1. The van der Waals surface area contributed by atoms with E-state index >= 15 is 0 Å². The molecule has 0 spiro atoms. The molecule has 0 aliphatic heterocycles. The van der Waals surface area contributed by atoms with Crippen molar-refractivity contribution >= 4 is 22.9 Å². The van der Waals surface area contributed by atoms with Gasteiger partial charge in [-0.15, -0.1) is 0 Å². The molecule has 0 saturated carbocycles. The first-order chi connectivity index (χ1) is 10.2. The number of ether oxygens (including phenoxy) is 1. The predicted octanol–water partition coefficient (Wildman–Crippen LogP) is 2.25. The van der Waals surface area contributed by atoms with E-state index in [1.54, 1.807) is 33.0 Å². The second-order valence-corrected chi connectivity index (χ2v) is 5.70. The molecule has 0 atom stereocenters. The van der Waals surface area contributed by atoms with Crippen molar-refractivity contribution in [2.24, 2.45) is 7.05 Å². The Labute approximate surface area is 128 Å². The lowest BCUT2D eigenvalue weighted by Crippen LogP contribution is -2.22. The van der Waals surface area contributed by atoms with Gasteiger partial charge in [-0.05, 0) is 32.1 Å². The van der Waals surface area contributed by atoms with Crippen LogP contribution in [0.15, 0.2) is 35.1 Å². The summed E-state index contributed by atoms with van der Waals surface area (Å²) in [6, 6.07) is 7.19. The van der Waals surface area contributed by atoms with Gasteiger partial charge < -0.3 is 14.4 Å². The number of esters is 1. The average molecular weight is 301 g/mol. The Morgan fingerprint density at radius 1 is 1.32 bits per heavy atom. The highest BCUT2D eigenvalue weighted by Gasteiger charge is 2.17. The zero-order chi connectivity index (χ0) is 16.5. The third kappa shape index (κ3) is 3.26. The van der Waals surface area contributed by atoms with Crippen molar-refractivity contribution in [2.75, 3.05) is 0 Å². The molecular formula is C17H19NO4. The molecule has 0 saturated heterocycles. The standard InChI is InChI=1S/C17H19NO4/c1-11(19)22-15-12-7-5-6-8-14(12)18(4)16(20)13(15)9-10-17(2,3)21/h5-10,21H,1-4H3/b10-9+. The van der Waals surface area contributed by atoms with Crippen molar-refractivity contribution in [3.8, 4) is 5.75 Å². The Morgan fingerprint density at radius 2 is 1.95 bits per heavy atom. The molecular weight excluding hydrogens is 282 g/mol. The number of fused-ring (bicyclic) bond motifs is 1. The number of para-hydroxylation sites is 1. The fourth-order valence-corrected chi connectivity index (χ4v) is 2.18. The number of carbonyl (C=O) groups is 1. The van der Waals surface area contributed by atoms with Gasteiger partial charge in [-0.3, -0.25) is 9.59 Å². The van der Waals surface area contributed by atoms with Crippen LogP contribution < -0.4 is 10.3 Å². The van der Waals surface area contributed by atoms with E-state index in [4.69, 9.17) is 4.74 Å². The summed E-state index contributed by atoms with van der Waals surface area (Å²) in [6.45, 7) is 4.48. The molecule has 1 aromatic heterocycles. The van der Waals surface area contributed by atoms with Gasteiger partial charge in [0.05, 0.1) is 16.7 Å². The van der Waals surface area contributed by atoms with Crippen molar-refractivity contribution < 1.29 is 14.6 Å². The first-order valence-electron chi connectivity index (χ1n) is 6.92. The summed E-state index contributed by atoms with van der Waals surface area (Å²) in [5.41, 5.74) is -0.470. The molecule has 5 heteroatoms. The first kappa shape index (κ1) is 16.0. The van der Waals surface area contributed by atoms with Gasteiger partial charge in [-0.2, -0.15) is 0 Å². The number of aliphatic hydroxyl groups is 1. The fraction of sp³-hybridized carbons (Fsp3) is 0.294. The fourth-order valence-electron chi connectivity index (χ4n) is 2.18. The molecule has 0 aliphatic rings. The van der Waals surface area contributed by atoms with E-state index in [0.717, 1.165) is 0 Å². The number of aromatic nitrogens is 1. The molecule has 0 aliphatic carbocycles. The van der Waals surface area contributed by atoms with Crippen molar-refractivity contribution in [2.45, 2.75) is 26.4 Å². The molecule has 5 nitrogen and oxygen atoms in total. The summed E-state index contributed by atoms with van der Waals surface area (Å²) < 4.78 is 6.77. The Hall–Kier alpha value is -2.40. The number of hydrogen-bond acceptors (Lipinski definition) is 4. The van der Waals surface area contributed by atoms with E-state index in [1.807, 2.05) is 12.1 Å². The third-order valence-electron chi connectivity index (χ3n) is 3.19. The molecule has 2 rings (SSSR count). The molecule has 0 amide bonds. The molecule has 0 bridgehead atoms. The normalized spacial score (nSPS) is 12.0. The summed E-state index contributed by atoms with van der Waals surface area (Å²) >= 11 is 0. The maximum absolute atomic E-state index is 12.5. The van der Waals surface area contributed by atoms with Crippen LogP contribution in [0.3, 0.4) is 0 Å². The highest BCUT2D eigenvalue weighted by atomic mass is 16.5. The Balaban J connectivity index is 2.83. The second-order valence-electron chi connectivity index (χ2n) is 5.70. The zero-order valence-electron chi connectivity index (χ0n) is 13.1. The maximum atomic E-state index is 12.5. The molecule has 22 heavy (non-hydrogen) atoms. The lowest BCUT2D eigenvalue weighted by Gasteiger charge is -2.14. The van der Waals surface area contributed by atoms with Gasteiger partial charge >= 0.3 is 5.97 Å². The van der Waals surface area contributed by atoms with Crippen molar-refractivity contribution in [1.82, 2.24) is 4.57 Å². The number of aryl methyl sites for hydroxylation is 1. The van der Waals surface area contributed by atoms with Crippen molar-refractivity contribution in [3.63, 3.8) is 0 Å². The van der Waals surface area contributed by atoms with Crippen LogP contribution in [0.1, 0.15) is 26.3 Å². The predicted molar refractivity (Wildman–Crippen MR) is 85.8 cm³/mol. The smallest absolute Gasteiger partial charge is 0.308 e. The molecule has 0 fully saturated rings. The molecule has 1 heterocycles. The van der Waals surface area contributed by atoms with Gasteiger partial charge in [0.25, 0.3) is 5.56 Å². The highest BCUT2D eigenvalue weighted by molar-refractivity contribution is 5.91. The first-order valence-corrected chi connectivity index (χ1v) is 6.92. The topological polar surface area (TPSA) is 68.5 Å². The number of hydrogen-bond donors (Lipinski definition) is 1. The van der Waals surface area contributed by atoms with E-state index in [-0.39, 0.29) is 16.9 Å². The van der Waals surface area contributed by atoms with E-state index in [2.05, 4.69) is 0 Å². The largest absolute Gasteiger partial charge is 0.425 e. The van der Waals surface area contributed by atoms with Crippen LogP contribution in [0.5, 0.6) is 5.75 Å². The molecule has 1 N–H and O–H groups in total. The minimum Gasteiger partial charge on any atom is -0.425 e. The van der Waals surface area contributed by atoms with Crippen LogP contribution in [0.4, 0.5) is 0 Å². The van der Waals surface area contributed by atoms with Gasteiger partial charge in [-0.25, -0.2) is 0 Å². The lowest BCUT2D eigenvalue weighted by atomic mass is 10.1. The number of nitrogens with zero attached hydrogens (tertiary/aromatic N) is 1.